The van der Waals surface area contributed by atoms with Gasteiger partial charge in [-0.15, -0.1) is 0 Å². The van der Waals surface area contributed by atoms with Crippen molar-refractivity contribution in [3.05, 3.63) is 65.5 Å². The summed E-state index contributed by atoms with van der Waals surface area (Å²) in [5, 5.41) is 2.56. The van der Waals surface area contributed by atoms with Gasteiger partial charge in [0.05, 0.1) is 17.7 Å². The number of carbonyl (C=O) groups excluding carboxylic acids is 2. The minimum absolute atomic E-state index is 0.0148. The van der Waals surface area contributed by atoms with Gasteiger partial charge in [0.25, 0.3) is 5.91 Å². The van der Waals surface area contributed by atoms with Gasteiger partial charge in [-0.2, -0.15) is 13.2 Å². The molecule has 1 heterocycles. The molecule has 2 aromatic rings. The highest BCUT2D eigenvalue weighted by Crippen LogP contribution is 2.29. The minimum atomic E-state index is -4.43. The second-order valence-electron chi connectivity index (χ2n) is 6.67. The fourth-order valence-electron chi connectivity index (χ4n) is 3.06. The van der Waals surface area contributed by atoms with Gasteiger partial charge in [-0.3, -0.25) is 14.5 Å². The number of rotatable bonds is 4. The van der Waals surface area contributed by atoms with Gasteiger partial charge >= 0.3 is 6.18 Å². The molecule has 29 heavy (non-hydrogen) atoms. The Morgan fingerprint density at radius 2 is 1.55 bits per heavy atom. The Morgan fingerprint density at radius 1 is 0.931 bits per heavy atom. The summed E-state index contributed by atoms with van der Waals surface area (Å²) in [5.74, 6) is -1.33. The number of halogens is 4. The van der Waals surface area contributed by atoms with Crippen molar-refractivity contribution >= 4 is 17.5 Å². The van der Waals surface area contributed by atoms with Crippen molar-refractivity contribution in [3.8, 4) is 0 Å². The highest BCUT2D eigenvalue weighted by Gasteiger charge is 2.30. The lowest BCUT2D eigenvalue weighted by molar-refractivity contribution is -0.137. The number of carbonyl (C=O) groups is 2. The predicted octanol–water partition coefficient (Wildman–Crippen LogP) is 3.24. The standard InChI is InChI=1S/C20H19F4N3O2/c21-17-4-2-1-3-16(17)19(29)27-11-9-26(10-12-27)13-18(28)25-15-7-5-14(6-8-15)20(22,23)24/h1-8H,9-13H2,(H,25,28). The molecule has 0 unspecified atom stereocenters. The van der Waals surface area contributed by atoms with Crippen molar-refractivity contribution in [2.24, 2.45) is 0 Å². The van der Waals surface area contributed by atoms with Crippen LogP contribution >= 0.6 is 0 Å². The quantitative estimate of drug-likeness (QED) is 0.789. The number of nitrogens with zero attached hydrogens (tertiary/aromatic N) is 2. The lowest BCUT2D eigenvalue weighted by atomic mass is 10.1. The molecule has 1 saturated heterocycles. The van der Waals surface area contributed by atoms with E-state index in [9.17, 15) is 27.2 Å². The molecule has 1 aliphatic heterocycles. The third-order valence-corrected chi connectivity index (χ3v) is 4.63. The molecule has 5 nitrogen and oxygen atoms in total. The Bertz CT molecular complexity index is 876. The molecule has 0 atom stereocenters. The molecule has 2 amide bonds. The van der Waals surface area contributed by atoms with Crippen molar-refractivity contribution in [2.45, 2.75) is 6.18 Å². The van der Waals surface area contributed by atoms with Crippen LogP contribution in [0, 0.1) is 5.82 Å². The summed E-state index contributed by atoms with van der Waals surface area (Å²) in [5.41, 5.74) is -0.497. The topological polar surface area (TPSA) is 52.7 Å². The van der Waals surface area contributed by atoms with Crippen LogP contribution in [-0.4, -0.2) is 54.3 Å². The van der Waals surface area contributed by atoms with Crippen molar-refractivity contribution in [3.63, 3.8) is 0 Å². The van der Waals surface area contributed by atoms with Crippen LogP contribution in [0.15, 0.2) is 48.5 Å². The molecule has 0 aromatic heterocycles. The lowest BCUT2D eigenvalue weighted by Crippen LogP contribution is -2.50. The van der Waals surface area contributed by atoms with E-state index in [4.69, 9.17) is 0 Å². The maximum atomic E-state index is 13.8. The Labute approximate surface area is 164 Å². The normalized spacial score (nSPS) is 15.2. The van der Waals surface area contributed by atoms with Crippen LogP contribution in [0.5, 0.6) is 0 Å². The summed E-state index contributed by atoms with van der Waals surface area (Å²) in [6.07, 6.45) is -4.43. The number of anilines is 1. The number of nitrogens with one attached hydrogen (secondary N) is 1. The number of benzene rings is 2. The molecule has 2 aromatic carbocycles. The summed E-state index contributed by atoms with van der Waals surface area (Å²) in [6.45, 7) is 1.60. The van der Waals surface area contributed by atoms with E-state index >= 15 is 0 Å². The van der Waals surface area contributed by atoms with Gasteiger partial charge in [0.2, 0.25) is 5.91 Å². The van der Waals surface area contributed by atoms with Crippen molar-refractivity contribution in [1.82, 2.24) is 9.80 Å². The molecule has 0 spiro atoms. The fourth-order valence-corrected chi connectivity index (χ4v) is 3.06. The third-order valence-electron chi connectivity index (χ3n) is 4.63. The molecule has 0 bridgehead atoms. The molecular formula is C20H19F4N3O2. The average Bonchev–Trinajstić information content (AvgIpc) is 2.68. The zero-order valence-corrected chi connectivity index (χ0v) is 15.4. The maximum Gasteiger partial charge on any atom is 0.416 e. The second kappa shape index (κ2) is 8.60. The van der Waals surface area contributed by atoms with Gasteiger partial charge in [0, 0.05) is 31.9 Å². The molecule has 1 aliphatic rings. The van der Waals surface area contributed by atoms with Crippen molar-refractivity contribution < 1.29 is 27.2 Å². The van der Waals surface area contributed by atoms with Gasteiger partial charge in [0.15, 0.2) is 0 Å². The number of amides is 2. The van der Waals surface area contributed by atoms with Crippen LogP contribution in [0.3, 0.4) is 0 Å². The van der Waals surface area contributed by atoms with E-state index in [1.807, 2.05) is 4.90 Å². The highest BCUT2D eigenvalue weighted by atomic mass is 19.4. The third kappa shape index (κ3) is 5.32. The summed E-state index contributed by atoms with van der Waals surface area (Å²) >= 11 is 0. The summed E-state index contributed by atoms with van der Waals surface area (Å²) in [6, 6.07) is 9.98. The molecule has 154 valence electrons. The molecule has 3 rings (SSSR count). The summed E-state index contributed by atoms with van der Waals surface area (Å²) in [7, 11) is 0. The lowest BCUT2D eigenvalue weighted by Gasteiger charge is -2.34. The van der Waals surface area contributed by atoms with Gasteiger partial charge in [-0.05, 0) is 36.4 Å². The van der Waals surface area contributed by atoms with Crippen LogP contribution in [0.2, 0.25) is 0 Å². The van der Waals surface area contributed by atoms with E-state index in [1.54, 1.807) is 6.07 Å². The van der Waals surface area contributed by atoms with E-state index in [0.29, 0.717) is 26.2 Å². The Kier molecular flexibility index (Phi) is 6.17. The van der Waals surface area contributed by atoms with E-state index in [1.165, 1.54) is 35.2 Å². The monoisotopic (exact) mass is 409 g/mol. The summed E-state index contributed by atoms with van der Waals surface area (Å²) in [4.78, 5) is 27.9. The number of piperazine rings is 1. The van der Waals surface area contributed by atoms with Gasteiger partial charge < -0.3 is 10.2 Å². The molecule has 0 aliphatic carbocycles. The van der Waals surface area contributed by atoms with Crippen LogP contribution in [0.4, 0.5) is 23.2 Å². The SMILES string of the molecule is O=C(CN1CCN(C(=O)c2ccccc2F)CC1)Nc1ccc(C(F)(F)F)cc1. The first-order chi connectivity index (χ1) is 13.7. The highest BCUT2D eigenvalue weighted by molar-refractivity contribution is 5.94. The smallest absolute Gasteiger partial charge is 0.336 e. The first kappa shape index (κ1) is 20.8. The molecule has 1 fully saturated rings. The predicted molar refractivity (Wildman–Crippen MR) is 98.8 cm³/mol. The first-order valence-corrected chi connectivity index (χ1v) is 8.97. The maximum absolute atomic E-state index is 13.8. The van der Waals surface area contributed by atoms with Crippen molar-refractivity contribution in [1.29, 1.82) is 0 Å². The van der Waals surface area contributed by atoms with Gasteiger partial charge in [-0.25, -0.2) is 4.39 Å². The van der Waals surface area contributed by atoms with Gasteiger partial charge in [-0.1, -0.05) is 12.1 Å². The molecule has 0 saturated carbocycles. The molecule has 1 N–H and O–H groups in total. The van der Waals surface area contributed by atoms with Crippen LogP contribution < -0.4 is 5.32 Å². The Morgan fingerprint density at radius 3 is 2.14 bits per heavy atom. The van der Waals surface area contributed by atoms with E-state index in [-0.39, 0.29) is 23.7 Å². The van der Waals surface area contributed by atoms with Gasteiger partial charge in [0.1, 0.15) is 5.82 Å². The fraction of sp³-hybridized carbons (Fsp3) is 0.300. The number of alkyl halides is 3. The van der Waals surface area contributed by atoms with Crippen LogP contribution in [0.1, 0.15) is 15.9 Å². The second-order valence-corrected chi connectivity index (χ2v) is 6.67. The number of hydrogen-bond donors (Lipinski definition) is 1. The van der Waals surface area contributed by atoms with Crippen LogP contribution in [-0.2, 0) is 11.0 Å². The molecule has 9 heteroatoms. The molecule has 0 radical (unpaired) electrons. The largest absolute Gasteiger partial charge is 0.416 e. The van der Waals surface area contributed by atoms with Crippen LogP contribution in [0.25, 0.3) is 0 Å². The zero-order chi connectivity index (χ0) is 21.0. The minimum Gasteiger partial charge on any atom is -0.336 e. The van der Waals surface area contributed by atoms with E-state index in [2.05, 4.69) is 5.32 Å². The average molecular weight is 409 g/mol. The first-order valence-electron chi connectivity index (χ1n) is 8.97. The van der Waals surface area contributed by atoms with E-state index < -0.39 is 23.5 Å². The molecular weight excluding hydrogens is 390 g/mol. The number of hydrogen-bond acceptors (Lipinski definition) is 3. The van der Waals surface area contributed by atoms with E-state index in [0.717, 1.165) is 12.1 Å². The zero-order valence-electron chi connectivity index (χ0n) is 15.4. The Hall–Kier alpha value is -2.94. The Balaban J connectivity index is 1.48. The van der Waals surface area contributed by atoms with Crippen molar-refractivity contribution in [2.75, 3.05) is 38.0 Å². The summed E-state index contributed by atoms with van der Waals surface area (Å²) < 4.78 is 51.5.